The summed E-state index contributed by atoms with van der Waals surface area (Å²) in [6.07, 6.45) is 10.7. The van der Waals surface area contributed by atoms with Crippen molar-refractivity contribution in [3.63, 3.8) is 0 Å². The summed E-state index contributed by atoms with van der Waals surface area (Å²) in [5, 5.41) is 5.07. The highest BCUT2D eigenvalue weighted by molar-refractivity contribution is 5.83. The molecule has 4 nitrogen and oxygen atoms in total. The molecule has 1 aromatic carbocycles. The van der Waals surface area contributed by atoms with Crippen molar-refractivity contribution in [3.8, 4) is 0 Å². The minimum Gasteiger partial charge on any atom is -0.361 e. The molecule has 4 rings (SSSR count). The van der Waals surface area contributed by atoms with Crippen LogP contribution in [0, 0.1) is 0 Å². The van der Waals surface area contributed by atoms with Gasteiger partial charge in [-0.05, 0) is 55.5 Å². The van der Waals surface area contributed by atoms with Crippen LogP contribution in [0.3, 0.4) is 0 Å². The predicted octanol–water partition coefficient (Wildman–Crippen LogP) is 3.40. The molecular weight excluding hydrogens is 320 g/mol. The van der Waals surface area contributed by atoms with E-state index in [0.717, 1.165) is 32.5 Å². The molecule has 1 unspecified atom stereocenters. The first-order valence-corrected chi connectivity index (χ1v) is 9.78. The molecule has 1 fully saturated rings. The maximum Gasteiger partial charge on any atom is 0.0456 e. The van der Waals surface area contributed by atoms with E-state index in [1.54, 1.807) is 0 Å². The summed E-state index contributed by atoms with van der Waals surface area (Å²) in [5.74, 6) is 0. The van der Waals surface area contributed by atoms with E-state index in [9.17, 15) is 0 Å². The number of fused-ring (bicyclic) bond motifs is 1. The van der Waals surface area contributed by atoms with Crippen molar-refractivity contribution < 1.29 is 0 Å². The van der Waals surface area contributed by atoms with Gasteiger partial charge in [-0.25, -0.2) is 0 Å². The minimum absolute atomic E-state index is 0.543. The molecule has 136 valence electrons. The Kier molecular flexibility index (Phi) is 5.62. The summed E-state index contributed by atoms with van der Waals surface area (Å²) in [6.45, 7) is 4.60. The third kappa shape index (κ3) is 4.32. The van der Waals surface area contributed by atoms with Gasteiger partial charge in [0.05, 0.1) is 0 Å². The maximum absolute atomic E-state index is 4.20. The molecule has 4 heteroatoms. The Hall–Kier alpha value is -2.17. The van der Waals surface area contributed by atoms with Crippen LogP contribution in [0.1, 0.15) is 24.0 Å². The van der Waals surface area contributed by atoms with Gasteiger partial charge in [0.1, 0.15) is 0 Å². The average Bonchev–Trinajstić information content (AvgIpc) is 3.09. The van der Waals surface area contributed by atoms with Crippen LogP contribution in [0.15, 0.2) is 55.0 Å². The first-order valence-electron chi connectivity index (χ1n) is 9.78. The molecule has 0 aliphatic carbocycles. The van der Waals surface area contributed by atoms with Gasteiger partial charge in [0.2, 0.25) is 0 Å². The number of piperazine rings is 1. The summed E-state index contributed by atoms with van der Waals surface area (Å²) in [7, 11) is 0. The van der Waals surface area contributed by atoms with Crippen molar-refractivity contribution in [2.75, 3.05) is 26.2 Å². The van der Waals surface area contributed by atoms with E-state index < -0.39 is 0 Å². The molecule has 0 amide bonds. The molecule has 1 aliphatic rings. The Morgan fingerprint density at radius 1 is 1.12 bits per heavy atom. The summed E-state index contributed by atoms with van der Waals surface area (Å²) < 4.78 is 0. The first kappa shape index (κ1) is 17.3. The number of unbranched alkanes of at least 4 members (excludes halogenated alkanes) is 1. The number of benzene rings is 1. The topological polar surface area (TPSA) is 44.0 Å². The number of aromatic nitrogens is 2. The standard InChI is InChI=1S/C22H28N4/c1-2-9-22-21(8-1)19(16-25-22)14-20-17-26(13-11-24-20)12-4-3-6-18-7-5-10-23-15-18/h1-2,5,7-10,15-16,20,24-25H,3-4,6,11-14,17H2. The molecule has 0 spiro atoms. The number of pyridine rings is 1. The van der Waals surface area contributed by atoms with Crippen LogP contribution in [0.5, 0.6) is 0 Å². The van der Waals surface area contributed by atoms with Crippen molar-refractivity contribution in [3.05, 3.63) is 66.1 Å². The number of nitrogens with one attached hydrogen (secondary N) is 2. The summed E-state index contributed by atoms with van der Waals surface area (Å²) in [6, 6.07) is 13.3. The summed E-state index contributed by atoms with van der Waals surface area (Å²) in [4.78, 5) is 10.2. The fraction of sp³-hybridized carbons (Fsp3) is 0.409. The lowest BCUT2D eigenvalue weighted by Gasteiger charge is -2.33. The Labute approximate surface area is 155 Å². The van der Waals surface area contributed by atoms with Crippen molar-refractivity contribution in [1.82, 2.24) is 20.2 Å². The van der Waals surface area contributed by atoms with Gasteiger partial charge in [0.15, 0.2) is 0 Å². The van der Waals surface area contributed by atoms with Crippen molar-refractivity contribution in [2.45, 2.75) is 31.7 Å². The number of aromatic amines is 1. The van der Waals surface area contributed by atoms with Crippen LogP contribution in [0.2, 0.25) is 0 Å². The number of nitrogens with zero attached hydrogens (tertiary/aromatic N) is 2. The second-order valence-corrected chi connectivity index (χ2v) is 7.33. The summed E-state index contributed by atoms with van der Waals surface area (Å²) in [5.41, 5.74) is 4.02. The van der Waals surface area contributed by atoms with Crippen molar-refractivity contribution >= 4 is 10.9 Å². The number of para-hydroxylation sites is 1. The zero-order valence-electron chi connectivity index (χ0n) is 15.3. The third-order valence-corrected chi connectivity index (χ3v) is 5.39. The smallest absolute Gasteiger partial charge is 0.0456 e. The molecule has 0 bridgehead atoms. The molecule has 1 atom stereocenters. The van der Waals surface area contributed by atoms with Gasteiger partial charge >= 0.3 is 0 Å². The molecule has 1 aliphatic heterocycles. The molecule has 1 saturated heterocycles. The van der Waals surface area contributed by atoms with E-state index >= 15 is 0 Å². The number of aryl methyl sites for hydroxylation is 1. The van der Waals surface area contributed by atoms with Crippen LogP contribution in [0.4, 0.5) is 0 Å². The number of rotatable bonds is 7. The highest BCUT2D eigenvalue weighted by atomic mass is 15.2. The van der Waals surface area contributed by atoms with Gasteiger partial charge in [-0.15, -0.1) is 0 Å². The zero-order valence-corrected chi connectivity index (χ0v) is 15.3. The fourth-order valence-corrected chi connectivity index (χ4v) is 4.01. The first-order chi connectivity index (χ1) is 12.9. The molecule has 3 aromatic rings. The predicted molar refractivity (Wildman–Crippen MR) is 107 cm³/mol. The van der Waals surface area contributed by atoms with Gasteiger partial charge in [-0.3, -0.25) is 4.98 Å². The molecule has 0 radical (unpaired) electrons. The van der Waals surface area contributed by atoms with Gasteiger partial charge in [0, 0.05) is 55.2 Å². The lowest BCUT2D eigenvalue weighted by molar-refractivity contribution is 0.196. The Morgan fingerprint density at radius 3 is 3.00 bits per heavy atom. The molecular formula is C22H28N4. The highest BCUT2D eigenvalue weighted by Gasteiger charge is 2.20. The van der Waals surface area contributed by atoms with E-state index in [-0.39, 0.29) is 0 Å². The van der Waals surface area contributed by atoms with Crippen molar-refractivity contribution in [1.29, 1.82) is 0 Å². The van der Waals surface area contributed by atoms with Crippen molar-refractivity contribution in [2.24, 2.45) is 0 Å². The Bertz CT molecular complexity index is 811. The van der Waals surface area contributed by atoms with Crippen LogP contribution in [0.25, 0.3) is 10.9 Å². The minimum atomic E-state index is 0.543. The molecule has 2 aromatic heterocycles. The molecule has 2 N–H and O–H groups in total. The number of hydrogen-bond donors (Lipinski definition) is 2. The second kappa shape index (κ2) is 8.47. The van der Waals surface area contributed by atoms with Crippen LogP contribution in [-0.4, -0.2) is 47.1 Å². The van der Waals surface area contributed by atoms with Crippen LogP contribution < -0.4 is 5.32 Å². The van der Waals surface area contributed by atoms with Gasteiger partial charge < -0.3 is 15.2 Å². The van der Waals surface area contributed by atoms with Gasteiger partial charge in [0.25, 0.3) is 0 Å². The van der Waals surface area contributed by atoms with E-state index in [4.69, 9.17) is 0 Å². The lowest BCUT2D eigenvalue weighted by Crippen LogP contribution is -2.51. The fourth-order valence-electron chi connectivity index (χ4n) is 4.01. The Morgan fingerprint density at radius 2 is 2.08 bits per heavy atom. The second-order valence-electron chi connectivity index (χ2n) is 7.33. The van der Waals surface area contributed by atoms with Crippen LogP contribution in [-0.2, 0) is 12.8 Å². The normalized spacial score (nSPS) is 18.4. The van der Waals surface area contributed by atoms with E-state index in [2.05, 4.69) is 56.7 Å². The Balaban J connectivity index is 1.25. The van der Waals surface area contributed by atoms with E-state index in [1.165, 1.54) is 41.4 Å². The largest absolute Gasteiger partial charge is 0.361 e. The maximum atomic E-state index is 4.20. The summed E-state index contributed by atoms with van der Waals surface area (Å²) >= 11 is 0. The van der Waals surface area contributed by atoms with Crippen LogP contribution >= 0.6 is 0 Å². The zero-order chi connectivity index (χ0) is 17.6. The quantitative estimate of drug-likeness (QED) is 0.643. The molecule has 3 heterocycles. The SMILES string of the molecule is c1cncc(CCCCN2CCNC(Cc3c[nH]c4ccccc34)C2)c1. The third-order valence-electron chi connectivity index (χ3n) is 5.39. The van der Waals surface area contributed by atoms with E-state index in [0.29, 0.717) is 6.04 Å². The average molecular weight is 348 g/mol. The monoisotopic (exact) mass is 348 g/mol. The molecule has 26 heavy (non-hydrogen) atoms. The number of H-pyrrole nitrogens is 1. The number of hydrogen-bond acceptors (Lipinski definition) is 3. The lowest BCUT2D eigenvalue weighted by atomic mass is 10.0. The van der Waals surface area contributed by atoms with Gasteiger partial charge in [-0.1, -0.05) is 24.3 Å². The molecule has 0 saturated carbocycles. The van der Waals surface area contributed by atoms with E-state index in [1.807, 2.05) is 18.5 Å². The van der Waals surface area contributed by atoms with Gasteiger partial charge in [-0.2, -0.15) is 0 Å². The highest BCUT2D eigenvalue weighted by Crippen LogP contribution is 2.20.